The Morgan fingerprint density at radius 3 is 2.43 bits per heavy atom. The number of nitrogens with zero attached hydrogens (tertiary/aromatic N) is 2. The minimum Gasteiger partial charge on any atom is -0.349 e. The van der Waals surface area contributed by atoms with Crippen LogP contribution in [0.2, 0.25) is 10.0 Å². The standard InChI is InChI=1S/C18H24Cl2N2O/c1-21(2)18(23)14-9-13(10-14)15-6-5-12(16(19)17(15)20)11-22-7-3-4-8-22/h5-6,13-14H,3-4,7-11H2,1-2H3/t13-,14+. The van der Waals surface area contributed by atoms with Gasteiger partial charge in [-0.2, -0.15) is 0 Å². The first-order valence-electron chi connectivity index (χ1n) is 8.37. The molecular formula is C18H24Cl2N2O. The SMILES string of the molecule is CN(C)C(=O)[C@H]1C[C@@H](c2ccc(CN3CCCC3)c(Cl)c2Cl)C1. The van der Waals surface area contributed by atoms with E-state index in [1.807, 2.05) is 14.1 Å². The van der Waals surface area contributed by atoms with E-state index in [0.29, 0.717) is 16.0 Å². The molecule has 2 fully saturated rings. The average molecular weight is 355 g/mol. The molecule has 0 atom stereocenters. The maximum atomic E-state index is 12.0. The highest BCUT2D eigenvalue weighted by Gasteiger charge is 2.37. The summed E-state index contributed by atoms with van der Waals surface area (Å²) in [5, 5.41) is 1.38. The van der Waals surface area contributed by atoms with Gasteiger partial charge in [-0.15, -0.1) is 0 Å². The summed E-state index contributed by atoms with van der Waals surface area (Å²) in [6.45, 7) is 3.17. The molecule has 5 heteroatoms. The Morgan fingerprint density at radius 2 is 1.83 bits per heavy atom. The van der Waals surface area contributed by atoms with Crippen molar-refractivity contribution in [1.82, 2.24) is 9.80 Å². The zero-order valence-corrected chi connectivity index (χ0v) is 15.3. The van der Waals surface area contributed by atoms with Gasteiger partial charge >= 0.3 is 0 Å². The van der Waals surface area contributed by atoms with Crippen LogP contribution in [0.25, 0.3) is 0 Å². The maximum Gasteiger partial charge on any atom is 0.225 e. The summed E-state index contributed by atoms with van der Waals surface area (Å²) in [6.07, 6.45) is 4.29. The topological polar surface area (TPSA) is 23.6 Å². The fourth-order valence-electron chi connectivity index (χ4n) is 3.66. The van der Waals surface area contributed by atoms with Gasteiger partial charge in [0.2, 0.25) is 5.91 Å². The van der Waals surface area contributed by atoms with Gasteiger partial charge < -0.3 is 4.90 Å². The second kappa shape index (κ2) is 7.00. The average Bonchev–Trinajstić information content (AvgIpc) is 2.97. The molecule has 3 rings (SSSR count). The molecule has 1 saturated heterocycles. The molecule has 0 spiro atoms. The molecule has 1 heterocycles. The first-order valence-corrected chi connectivity index (χ1v) is 9.13. The van der Waals surface area contributed by atoms with Crippen molar-refractivity contribution in [2.24, 2.45) is 5.92 Å². The van der Waals surface area contributed by atoms with E-state index in [-0.39, 0.29) is 11.8 Å². The van der Waals surface area contributed by atoms with Crippen LogP contribution in [0.15, 0.2) is 12.1 Å². The normalized spacial score (nSPS) is 24.5. The Balaban J connectivity index is 1.68. The van der Waals surface area contributed by atoms with Crippen LogP contribution in [-0.4, -0.2) is 42.9 Å². The highest BCUT2D eigenvalue weighted by Crippen LogP contribution is 2.46. The van der Waals surface area contributed by atoms with E-state index in [4.69, 9.17) is 23.2 Å². The number of amides is 1. The Kier molecular flexibility index (Phi) is 5.19. The largest absolute Gasteiger partial charge is 0.349 e. The zero-order chi connectivity index (χ0) is 16.6. The Hall–Kier alpha value is -0.770. The van der Waals surface area contributed by atoms with E-state index >= 15 is 0 Å². The molecule has 1 aliphatic carbocycles. The lowest BCUT2D eigenvalue weighted by Gasteiger charge is -2.36. The summed E-state index contributed by atoms with van der Waals surface area (Å²) >= 11 is 13.1. The van der Waals surface area contributed by atoms with Crippen LogP contribution in [-0.2, 0) is 11.3 Å². The number of likely N-dealkylation sites (tertiary alicyclic amines) is 1. The van der Waals surface area contributed by atoms with Crippen molar-refractivity contribution in [2.45, 2.75) is 38.1 Å². The third kappa shape index (κ3) is 3.52. The monoisotopic (exact) mass is 354 g/mol. The third-order valence-corrected chi connectivity index (χ3v) is 6.09. The lowest BCUT2D eigenvalue weighted by molar-refractivity contribution is -0.136. The molecule has 23 heavy (non-hydrogen) atoms. The molecule has 1 amide bonds. The first-order chi connectivity index (χ1) is 11.0. The zero-order valence-electron chi connectivity index (χ0n) is 13.8. The number of rotatable bonds is 4. The second-order valence-electron chi connectivity index (χ2n) is 7.02. The number of hydrogen-bond donors (Lipinski definition) is 0. The minimum absolute atomic E-state index is 0.133. The van der Waals surface area contributed by atoms with Crippen molar-refractivity contribution in [3.63, 3.8) is 0 Å². The van der Waals surface area contributed by atoms with Gasteiger partial charge in [-0.25, -0.2) is 0 Å². The predicted molar refractivity (Wildman–Crippen MR) is 95.1 cm³/mol. The maximum absolute atomic E-state index is 12.0. The van der Waals surface area contributed by atoms with Gasteiger partial charge in [-0.1, -0.05) is 35.3 Å². The summed E-state index contributed by atoms with van der Waals surface area (Å²) in [6, 6.07) is 4.23. The van der Waals surface area contributed by atoms with E-state index in [1.54, 1.807) is 4.90 Å². The quantitative estimate of drug-likeness (QED) is 0.809. The van der Waals surface area contributed by atoms with Gasteiger partial charge in [0.25, 0.3) is 0 Å². The molecule has 126 valence electrons. The van der Waals surface area contributed by atoms with E-state index in [9.17, 15) is 4.79 Å². The fraction of sp³-hybridized carbons (Fsp3) is 0.611. The van der Waals surface area contributed by atoms with Crippen LogP contribution in [0.4, 0.5) is 0 Å². The van der Waals surface area contributed by atoms with Gasteiger partial charge in [0.1, 0.15) is 0 Å². The van der Waals surface area contributed by atoms with Crippen molar-refractivity contribution < 1.29 is 4.79 Å². The number of halogens is 2. The highest BCUT2D eigenvalue weighted by molar-refractivity contribution is 6.43. The lowest BCUT2D eigenvalue weighted by Crippen LogP contribution is -2.37. The van der Waals surface area contributed by atoms with Crippen molar-refractivity contribution in [3.8, 4) is 0 Å². The van der Waals surface area contributed by atoms with Gasteiger partial charge in [-0.3, -0.25) is 9.69 Å². The summed E-state index contributed by atoms with van der Waals surface area (Å²) in [7, 11) is 3.62. The first kappa shape index (κ1) is 17.1. The minimum atomic E-state index is 0.133. The molecule has 3 nitrogen and oxygen atoms in total. The number of carbonyl (C=O) groups excluding carboxylic acids is 1. The van der Waals surface area contributed by atoms with Gasteiger partial charge in [0.15, 0.2) is 0 Å². The molecule has 2 aliphatic rings. The molecule has 0 aromatic heterocycles. The van der Waals surface area contributed by atoms with Crippen LogP contribution >= 0.6 is 23.2 Å². The molecule has 1 aliphatic heterocycles. The van der Waals surface area contributed by atoms with Crippen molar-refractivity contribution in [3.05, 3.63) is 33.3 Å². The van der Waals surface area contributed by atoms with Crippen LogP contribution in [0, 0.1) is 5.92 Å². The van der Waals surface area contributed by atoms with Crippen LogP contribution in [0.5, 0.6) is 0 Å². The van der Waals surface area contributed by atoms with Crippen LogP contribution in [0.3, 0.4) is 0 Å². The molecule has 0 unspecified atom stereocenters. The summed E-state index contributed by atoms with van der Waals surface area (Å²) in [5.74, 6) is 0.706. The van der Waals surface area contributed by atoms with Crippen molar-refractivity contribution in [2.75, 3.05) is 27.2 Å². The summed E-state index contributed by atoms with van der Waals surface area (Å²) in [4.78, 5) is 16.1. The molecule has 1 aromatic rings. The van der Waals surface area contributed by atoms with E-state index < -0.39 is 0 Å². The van der Waals surface area contributed by atoms with Crippen LogP contribution < -0.4 is 0 Å². The molecule has 1 aromatic carbocycles. The molecule has 0 N–H and O–H groups in total. The smallest absolute Gasteiger partial charge is 0.225 e. The van der Waals surface area contributed by atoms with Gasteiger partial charge in [0, 0.05) is 26.6 Å². The Morgan fingerprint density at radius 1 is 1.17 bits per heavy atom. The molecular weight excluding hydrogens is 331 g/mol. The predicted octanol–water partition coefficient (Wildman–Crippen LogP) is 4.17. The Labute approximate surface area is 148 Å². The summed E-state index contributed by atoms with van der Waals surface area (Å²) < 4.78 is 0. The highest BCUT2D eigenvalue weighted by atomic mass is 35.5. The van der Waals surface area contributed by atoms with Crippen LogP contribution in [0.1, 0.15) is 42.7 Å². The number of hydrogen-bond acceptors (Lipinski definition) is 2. The number of carbonyl (C=O) groups is 1. The van der Waals surface area contributed by atoms with E-state index in [1.165, 1.54) is 12.8 Å². The van der Waals surface area contributed by atoms with Gasteiger partial charge in [-0.05, 0) is 55.8 Å². The molecule has 0 radical (unpaired) electrons. The van der Waals surface area contributed by atoms with Crippen molar-refractivity contribution in [1.29, 1.82) is 0 Å². The van der Waals surface area contributed by atoms with Gasteiger partial charge in [0.05, 0.1) is 10.0 Å². The molecule has 1 saturated carbocycles. The second-order valence-corrected chi connectivity index (χ2v) is 7.78. The van der Waals surface area contributed by atoms with Crippen molar-refractivity contribution >= 4 is 29.1 Å². The Bertz CT molecular complexity index is 591. The third-order valence-electron chi connectivity index (χ3n) is 5.15. The fourth-order valence-corrected chi connectivity index (χ4v) is 4.23. The van der Waals surface area contributed by atoms with E-state index in [0.717, 1.165) is 43.6 Å². The van der Waals surface area contributed by atoms with E-state index in [2.05, 4.69) is 17.0 Å². The number of benzene rings is 1. The lowest BCUT2D eigenvalue weighted by atomic mass is 9.70. The summed E-state index contributed by atoms with van der Waals surface area (Å²) in [5.41, 5.74) is 2.22. The molecule has 0 bridgehead atoms.